The summed E-state index contributed by atoms with van der Waals surface area (Å²) in [5.74, 6) is -0.864. The van der Waals surface area contributed by atoms with Crippen LogP contribution < -0.4 is 11.1 Å². The van der Waals surface area contributed by atoms with Crippen LogP contribution in [0.15, 0.2) is 42.6 Å². The number of pyridine rings is 1. The van der Waals surface area contributed by atoms with Gasteiger partial charge in [0, 0.05) is 17.7 Å². The summed E-state index contributed by atoms with van der Waals surface area (Å²) in [7, 11) is 1.34. The van der Waals surface area contributed by atoms with Crippen LogP contribution in [0.1, 0.15) is 28.3 Å². The summed E-state index contributed by atoms with van der Waals surface area (Å²) in [6, 6.07) is 10.6. The van der Waals surface area contributed by atoms with Crippen LogP contribution in [-0.4, -0.2) is 36.6 Å². The molecule has 1 amide bonds. The molecule has 3 N–H and O–H groups in total. The molecule has 1 aliphatic rings. The maximum Gasteiger partial charge on any atom is 0.340 e. The zero-order chi connectivity index (χ0) is 17.1. The highest BCUT2D eigenvalue weighted by Crippen LogP contribution is 2.35. The van der Waals surface area contributed by atoms with E-state index in [1.54, 1.807) is 18.3 Å². The van der Waals surface area contributed by atoms with Gasteiger partial charge in [-0.25, -0.2) is 4.79 Å². The molecule has 24 heavy (non-hydrogen) atoms. The molecule has 1 aromatic heterocycles. The first-order valence-corrected chi connectivity index (χ1v) is 7.78. The van der Waals surface area contributed by atoms with E-state index in [-0.39, 0.29) is 11.8 Å². The Morgan fingerprint density at radius 1 is 1.25 bits per heavy atom. The number of carbonyl (C=O) groups is 2. The van der Waals surface area contributed by atoms with E-state index in [0.29, 0.717) is 11.3 Å². The van der Waals surface area contributed by atoms with Crippen LogP contribution in [0.4, 0.5) is 0 Å². The van der Waals surface area contributed by atoms with Crippen molar-refractivity contribution >= 4 is 11.9 Å². The third-order valence-corrected chi connectivity index (χ3v) is 4.36. The molecule has 3 rings (SSSR count). The largest absolute Gasteiger partial charge is 0.465 e. The van der Waals surface area contributed by atoms with E-state index >= 15 is 0 Å². The molecule has 0 saturated carbocycles. The Kier molecular flexibility index (Phi) is 4.57. The van der Waals surface area contributed by atoms with Crippen LogP contribution >= 0.6 is 0 Å². The number of methoxy groups -OCH3 is 1. The highest BCUT2D eigenvalue weighted by molar-refractivity contribution is 5.96. The zero-order valence-electron chi connectivity index (χ0n) is 13.4. The average molecular weight is 325 g/mol. The predicted molar refractivity (Wildman–Crippen MR) is 89.4 cm³/mol. The number of carbonyl (C=O) groups excluding carboxylic acids is 2. The standard InChI is InChI=1S/C18H19N3O3/c1-24-18(23)14-7-4-9-20-15(14)12-6-3-2-5-11(12)13-8-10-21-16(13)17(19)22/h2-7,9,13,16,21H,8,10H2,1H3,(H2,19,22)/t13-,16+/m1/s1. The molecular formula is C18H19N3O3. The average Bonchev–Trinajstić information content (AvgIpc) is 3.11. The molecule has 2 atom stereocenters. The van der Waals surface area contributed by atoms with Gasteiger partial charge in [-0.15, -0.1) is 0 Å². The molecule has 6 nitrogen and oxygen atoms in total. The summed E-state index contributed by atoms with van der Waals surface area (Å²) >= 11 is 0. The number of esters is 1. The van der Waals surface area contributed by atoms with E-state index < -0.39 is 12.0 Å². The quantitative estimate of drug-likeness (QED) is 0.830. The van der Waals surface area contributed by atoms with Crippen molar-refractivity contribution in [3.8, 4) is 11.3 Å². The number of aromatic nitrogens is 1. The summed E-state index contributed by atoms with van der Waals surface area (Å²) in [5.41, 5.74) is 8.24. The van der Waals surface area contributed by atoms with Crippen molar-refractivity contribution in [1.29, 1.82) is 0 Å². The molecule has 0 radical (unpaired) electrons. The number of primary amides is 1. The minimum atomic E-state index is -0.441. The minimum absolute atomic E-state index is 0.0498. The van der Waals surface area contributed by atoms with E-state index in [4.69, 9.17) is 10.5 Å². The summed E-state index contributed by atoms with van der Waals surface area (Å²) in [4.78, 5) is 28.2. The number of nitrogens with zero attached hydrogens (tertiary/aromatic N) is 1. The molecule has 0 unspecified atom stereocenters. The first kappa shape index (κ1) is 16.1. The van der Waals surface area contributed by atoms with Crippen molar-refractivity contribution in [3.05, 3.63) is 53.7 Å². The number of hydrogen-bond acceptors (Lipinski definition) is 5. The number of nitrogens with two attached hydrogens (primary N) is 1. The number of nitrogens with one attached hydrogen (secondary N) is 1. The number of ether oxygens (including phenoxy) is 1. The second-order valence-electron chi connectivity index (χ2n) is 5.71. The fourth-order valence-corrected chi connectivity index (χ4v) is 3.27. The van der Waals surface area contributed by atoms with Gasteiger partial charge in [-0.3, -0.25) is 9.78 Å². The molecular weight excluding hydrogens is 306 g/mol. The van der Waals surface area contributed by atoms with Gasteiger partial charge in [0.1, 0.15) is 0 Å². The zero-order valence-corrected chi connectivity index (χ0v) is 13.4. The summed E-state index contributed by atoms with van der Waals surface area (Å²) in [6.07, 6.45) is 2.43. The highest BCUT2D eigenvalue weighted by atomic mass is 16.5. The van der Waals surface area contributed by atoms with E-state index in [1.807, 2.05) is 24.3 Å². The SMILES string of the molecule is COC(=O)c1cccnc1-c1ccccc1[C@H]1CCN[C@@H]1C(N)=O. The Balaban J connectivity index is 2.12. The molecule has 2 aromatic rings. The van der Waals surface area contributed by atoms with Crippen molar-refractivity contribution in [1.82, 2.24) is 10.3 Å². The molecule has 0 bridgehead atoms. The number of amides is 1. The summed E-state index contributed by atoms with van der Waals surface area (Å²) < 4.78 is 4.86. The van der Waals surface area contributed by atoms with Crippen molar-refractivity contribution in [2.75, 3.05) is 13.7 Å². The smallest absolute Gasteiger partial charge is 0.340 e. The molecule has 2 heterocycles. The monoisotopic (exact) mass is 325 g/mol. The lowest BCUT2D eigenvalue weighted by Crippen LogP contribution is -2.39. The normalized spacial score (nSPS) is 19.9. The van der Waals surface area contributed by atoms with Crippen LogP contribution in [-0.2, 0) is 9.53 Å². The van der Waals surface area contributed by atoms with Crippen molar-refractivity contribution in [2.45, 2.75) is 18.4 Å². The molecule has 1 aromatic carbocycles. The highest BCUT2D eigenvalue weighted by Gasteiger charge is 2.34. The van der Waals surface area contributed by atoms with Gasteiger partial charge < -0.3 is 15.8 Å². The second-order valence-corrected chi connectivity index (χ2v) is 5.71. The van der Waals surface area contributed by atoms with Gasteiger partial charge in [-0.05, 0) is 30.7 Å². The van der Waals surface area contributed by atoms with Crippen LogP contribution in [0.25, 0.3) is 11.3 Å². The van der Waals surface area contributed by atoms with Crippen LogP contribution in [0.2, 0.25) is 0 Å². The molecule has 1 fully saturated rings. The molecule has 1 aliphatic heterocycles. The van der Waals surface area contributed by atoms with Gasteiger partial charge >= 0.3 is 5.97 Å². The van der Waals surface area contributed by atoms with E-state index in [1.165, 1.54) is 7.11 Å². The Bertz CT molecular complexity index is 776. The summed E-state index contributed by atoms with van der Waals surface area (Å²) in [6.45, 7) is 0.721. The topological polar surface area (TPSA) is 94.3 Å². The van der Waals surface area contributed by atoms with Crippen molar-refractivity contribution in [2.24, 2.45) is 5.73 Å². The number of hydrogen-bond donors (Lipinski definition) is 2. The maximum atomic E-state index is 12.1. The molecule has 1 saturated heterocycles. The van der Waals surface area contributed by atoms with E-state index in [9.17, 15) is 9.59 Å². The fourth-order valence-electron chi connectivity index (χ4n) is 3.27. The predicted octanol–water partition coefficient (Wildman–Crippen LogP) is 1.47. The van der Waals surface area contributed by atoms with Crippen LogP contribution in [0.3, 0.4) is 0 Å². The first-order valence-electron chi connectivity index (χ1n) is 7.78. The lowest BCUT2D eigenvalue weighted by Gasteiger charge is -2.20. The first-order chi connectivity index (χ1) is 11.6. The lowest BCUT2D eigenvalue weighted by molar-refractivity contribution is -0.119. The van der Waals surface area contributed by atoms with Gasteiger partial charge in [0.15, 0.2) is 0 Å². The fraction of sp³-hybridized carbons (Fsp3) is 0.278. The second kappa shape index (κ2) is 6.80. The molecule has 0 spiro atoms. The number of rotatable bonds is 4. The van der Waals surface area contributed by atoms with Gasteiger partial charge in [-0.2, -0.15) is 0 Å². The Morgan fingerprint density at radius 3 is 2.79 bits per heavy atom. The minimum Gasteiger partial charge on any atom is -0.465 e. The third kappa shape index (κ3) is 2.88. The van der Waals surface area contributed by atoms with E-state index in [0.717, 1.165) is 24.1 Å². The van der Waals surface area contributed by atoms with Crippen molar-refractivity contribution < 1.29 is 14.3 Å². The lowest BCUT2D eigenvalue weighted by atomic mass is 9.86. The summed E-state index contributed by atoms with van der Waals surface area (Å²) in [5, 5.41) is 3.15. The van der Waals surface area contributed by atoms with Gasteiger partial charge in [0.2, 0.25) is 5.91 Å². The third-order valence-electron chi connectivity index (χ3n) is 4.36. The van der Waals surface area contributed by atoms with Gasteiger partial charge in [-0.1, -0.05) is 24.3 Å². The van der Waals surface area contributed by atoms with E-state index in [2.05, 4.69) is 10.3 Å². The molecule has 6 heteroatoms. The Morgan fingerprint density at radius 2 is 2.04 bits per heavy atom. The van der Waals surface area contributed by atoms with Gasteiger partial charge in [0.25, 0.3) is 0 Å². The van der Waals surface area contributed by atoms with Crippen LogP contribution in [0, 0.1) is 0 Å². The molecule has 124 valence electrons. The van der Waals surface area contributed by atoms with Crippen LogP contribution in [0.5, 0.6) is 0 Å². The van der Waals surface area contributed by atoms with Gasteiger partial charge in [0.05, 0.1) is 24.4 Å². The number of benzene rings is 1. The Labute approximate surface area is 140 Å². The Hall–Kier alpha value is -2.73. The maximum absolute atomic E-state index is 12.1. The molecule has 0 aliphatic carbocycles. The van der Waals surface area contributed by atoms with Crippen molar-refractivity contribution in [3.63, 3.8) is 0 Å².